The molecule has 4 heteroatoms. The Morgan fingerprint density at radius 1 is 0.529 bits per heavy atom. The highest BCUT2D eigenvalue weighted by Gasteiger charge is 2.46. The molecule has 0 amide bonds. The number of anilines is 2. The quantitative estimate of drug-likeness (QED) is 0.185. The Balaban J connectivity index is 1.17. The van der Waals surface area contributed by atoms with Gasteiger partial charge in [-0.2, -0.15) is 0 Å². The van der Waals surface area contributed by atoms with E-state index >= 15 is 0 Å². The molecule has 0 fully saturated rings. The van der Waals surface area contributed by atoms with E-state index < -0.39 is 0 Å². The van der Waals surface area contributed by atoms with Gasteiger partial charge in [0.1, 0.15) is 0 Å². The first-order chi connectivity index (χ1) is 25.2. The number of benzene rings is 6. The number of allylic oxidation sites excluding steroid dienone is 2. The van der Waals surface area contributed by atoms with Gasteiger partial charge in [0.25, 0.3) is 0 Å². The second-order valence-corrected chi connectivity index (χ2v) is 13.6. The number of aromatic nitrogens is 3. The van der Waals surface area contributed by atoms with Gasteiger partial charge in [0.2, 0.25) is 5.95 Å². The highest BCUT2D eigenvalue weighted by molar-refractivity contribution is 6.10. The van der Waals surface area contributed by atoms with Crippen molar-refractivity contribution in [3.05, 3.63) is 188 Å². The normalized spacial score (nSPS) is 17.6. The van der Waals surface area contributed by atoms with Crippen LogP contribution in [0.5, 0.6) is 0 Å². The molecule has 0 radical (unpaired) electrons. The van der Waals surface area contributed by atoms with E-state index in [4.69, 9.17) is 9.97 Å². The molecule has 10 rings (SSSR count). The number of para-hydroxylation sites is 2. The number of hydrogen-bond acceptors (Lipinski definition) is 3. The summed E-state index contributed by atoms with van der Waals surface area (Å²) < 4.78 is 2.24. The Hall–Kier alpha value is -6.52. The van der Waals surface area contributed by atoms with Crippen molar-refractivity contribution in [2.45, 2.75) is 18.4 Å². The lowest BCUT2D eigenvalue weighted by molar-refractivity contribution is 0.542. The molecule has 1 aliphatic carbocycles. The fourth-order valence-corrected chi connectivity index (χ4v) is 8.21. The number of hydrogen-bond donors (Lipinski definition) is 0. The lowest BCUT2D eigenvalue weighted by atomic mass is 9.80. The molecular formula is C47H34N4. The van der Waals surface area contributed by atoms with Crippen LogP contribution < -0.4 is 4.90 Å². The molecule has 2 aromatic heterocycles. The van der Waals surface area contributed by atoms with Gasteiger partial charge in [-0.05, 0) is 66.1 Å². The first-order valence-electron chi connectivity index (χ1n) is 17.5. The predicted molar refractivity (Wildman–Crippen MR) is 211 cm³/mol. The molecule has 0 N–H and O–H groups in total. The predicted octanol–water partition coefficient (Wildman–Crippen LogP) is 11.7. The molecule has 0 spiro atoms. The summed E-state index contributed by atoms with van der Waals surface area (Å²) >= 11 is 0. The summed E-state index contributed by atoms with van der Waals surface area (Å²) in [4.78, 5) is 13.0. The summed E-state index contributed by atoms with van der Waals surface area (Å²) in [5.74, 6) is 0.888. The Morgan fingerprint density at radius 3 is 1.86 bits per heavy atom. The molecule has 0 bridgehead atoms. The molecule has 2 atom stereocenters. The molecule has 4 nitrogen and oxygen atoms in total. The van der Waals surface area contributed by atoms with E-state index in [1.807, 2.05) is 12.1 Å². The third-order valence-corrected chi connectivity index (χ3v) is 10.6. The number of rotatable bonds is 5. The minimum Gasteiger partial charge on any atom is -0.331 e. The standard InChI is InChI=1S/C47H34N4/c1-47-28-14-13-22-40(47)39-29-34(25-27-44(39)51(47)36-19-9-4-10-20-36)35-24-26-38-37-21-11-12-23-43(37)50(45(38)30-35)46-48-41(32-15-5-2-6-16-32)31-42(49-46)33-17-7-3-8-18-33/h2-31,40H,1H3. The molecular weight excluding hydrogens is 621 g/mol. The Bertz CT molecular complexity index is 2600. The molecule has 51 heavy (non-hydrogen) atoms. The first kappa shape index (κ1) is 29.4. The van der Waals surface area contributed by atoms with Gasteiger partial charge >= 0.3 is 0 Å². The van der Waals surface area contributed by atoms with Crippen molar-refractivity contribution in [1.82, 2.24) is 14.5 Å². The van der Waals surface area contributed by atoms with Gasteiger partial charge in [-0.25, -0.2) is 9.97 Å². The van der Waals surface area contributed by atoms with Crippen LogP contribution in [0.1, 0.15) is 18.4 Å². The monoisotopic (exact) mass is 654 g/mol. The molecule has 2 unspecified atom stereocenters. The average Bonchev–Trinajstić information content (AvgIpc) is 3.67. The maximum atomic E-state index is 5.24. The molecule has 3 heterocycles. The zero-order chi connectivity index (χ0) is 33.9. The molecule has 0 saturated heterocycles. The fourth-order valence-electron chi connectivity index (χ4n) is 8.21. The van der Waals surface area contributed by atoms with Crippen molar-refractivity contribution in [2.24, 2.45) is 0 Å². The zero-order valence-corrected chi connectivity index (χ0v) is 28.2. The van der Waals surface area contributed by atoms with Gasteiger partial charge in [0, 0.05) is 39.2 Å². The molecule has 242 valence electrons. The van der Waals surface area contributed by atoms with Gasteiger partial charge in [0.05, 0.1) is 28.0 Å². The van der Waals surface area contributed by atoms with Crippen molar-refractivity contribution in [1.29, 1.82) is 0 Å². The average molecular weight is 655 g/mol. The van der Waals surface area contributed by atoms with E-state index in [2.05, 4.69) is 186 Å². The van der Waals surface area contributed by atoms with Crippen LogP contribution in [0, 0.1) is 0 Å². The second-order valence-electron chi connectivity index (χ2n) is 13.6. The smallest absolute Gasteiger partial charge is 0.235 e. The van der Waals surface area contributed by atoms with Gasteiger partial charge in [-0.3, -0.25) is 4.57 Å². The van der Waals surface area contributed by atoms with Crippen molar-refractivity contribution >= 4 is 33.2 Å². The second kappa shape index (κ2) is 11.5. The third kappa shape index (κ3) is 4.68. The molecule has 1 aliphatic heterocycles. The summed E-state index contributed by atoms with van der Waals surface area (Å²) in [5.41, 5.74) is 12.0. The lowest BCUT2D eigenvalue weighted by Gasteiger charge is -2.39. The van der Waals surface area contributed by atoms with Gasteiger partial charge in [-0.1, -0.05) is 140 Å². The van der Waals surface area contributed by atoms with E-state index in [-0.39, 0.29) is 11.5 Å². The van der Waals surface area contributed by atoms with Crippen LogP contribution in [0.4, 0.5) is 11.4 Å². The van der Waals surface area contributed by atoms with Crippen molar-refractivity contribution in [3.63, 3.8) is 0 Å². The molecule has 0 saturated carbocycles. The summed E-state index contributed by atoms with van der Waals surface area (Å²) in [6.45, 7) is 2.35. The third-order valence-electron chi connectivity index (χ3n) is 10.6. The van der Waals surface area contributed by atoms with Crippen molar-refractivity contribution < 1.29 is 0 Å². The maximum Gasteiger partial charge on any atom is 0.235 e. The van der Waals surface area contributed by atoms with Crippen LogP contribution in [-0.2, 0) is 0 Å². The van der Waals surface area contributed by atoms with Crippen LogP contribution in [0.3, 0.4) is 0 Å². The van der Waals surface area contributed by atoms with E-state index in [0.29, 0.717) is 5.95 Å². The van der Waals surface area contributed by atoms with Crippen LogP contribution in [0.15, 0.2) is 182 Å². The Morgan fingerprint density at radius 2 is 1.14 bits per heavy atom. The van der Waals surface area contributed by atoms with E-state index in [0.717, 1.165) is 39.1 Å². The lowest BCUT2D eigenvalue weighted by Crippen LogP contribution is -2.41. The first-order valence-corrected chi connectivity index (χ1v) is 17.5. The summed E-state index contributed by atoms with van der Waals surface area (Å²) in [5, 5.41) is 2.35. The number of nitrogens with zero attached hydrogens (tertiary/aromatic N) is 4. The number of fused-ring (bicyclic) bond motifs is 6. The van der Waals surface area contributed by atoms with Gasteiger partial charge in [-0.15, -0.1) is 0 Å². The largest absolute Gasteiger partial charge is 0.331 e. The Kier molecular flexibility index (Phi) is 6.65. The highest BCUT2D eigenvalue weighted by Crippen LogP contribution is 2.54. The minimum atomic E-state index is -0.189. The summed E-state index contributed by atoms with van der Waals surface area (Å²) in [6, 6.07) is 56.0. The molecule has 8 aromatic rings. The minimum absolute atomic E-state index is 0.189. The fraction of sp³-hybridized carbons (Fsp3) is 0.0638. The van der Waals surface area contributed by atoms with E-state index in [9.17, 15) is 0 Å². The van der Waals surface area contributed by atoms with E-state index in [1.165, 1.54) is 33.3 Å². The Labute approximate surface area is 297 Å². The summed E-state index contributed by atoms with van der Waals surface area (Å²) in [6.07, 6.45) is 9.08. The summed E-state index contributed by atoms with van der Waals surface area (Å²) in [7, 11) is 0. The maximum absolute atomic E-state index is 5.24. The molecule has 2 aliphatic rings. The topological polar surface area (TPSA) is 34.0 Å². The van der Waals surface area contributed by atoms with Crippen LogP contribution in [0.25, 0.3) is 61.4 Å². The van der Waals surface area contributed by atoms with E-state index in [1.54, 1.807) is 0 Å². The van der Waals surface area contributed by atoms with Gasteiger partial charge in [0.15, 0.2) is 0 Å². The van der Waals surface area contributed by atoms with Crippen LogP contribution in [0.2, 0.25) is 0 Å². The SMILES string of the molecule is CC12C=CC=CC1c1cc(-c3ccc4c5ccccc5n(-c5nc(-c6ccccc6)cc(-c6ccccc6)n5)c4c3)ccc1N2c1ccccc1. The van der Waals surface area contributed by atoms with Crippen LogP contribution in [-0.4, -0.2) is 20.1 Å². The van der Waals surface area contributed by atoms with Crippen molar-refractivity contribution in [2.75, 3.05) is 4.90 Å². The zero-order valence-electron chi connectivity index (χ0n) is 28.2. The highest BCUT2D eigenvalue weighted by atomic mass is 15.2. The molecule has 6 aromatic carbocycles. The van der Waals surface area contributed by atoms with Crippen LogP contribution >= 0.6 is 0 Å². The van der Waals surface area contributed by atoms with Gasteiger partial charge < -0.3 is 4.90 Å². The van der Waals surface area contributed by atoms with Crippen molar-refractivity contribution in [3.8, 4) is 39.6 Å².